The highest BCUT2D eigenvalue weighted by Crippen LogP contribution is 2.15. The Labute approximate surface area is 111 Å². The van der Waals surface area contributed by atoms with E-state index in [1.54, 1.807) is 17.7 Å². The summed E-state index contributed by atoms with van der Waals surface area (Å²) in [6.45, 7) is 3.94. The average Bonchev–Trinajstić information content (AvgIpc) is 3.03. The van der Waals surface area contributed by atoms with Crippen molar-refractivity contribution in [3.05, 3.63) is 40.6 Å². The number of nitrogens with one attached hydrogen (secondary N) is 1. The van der Waals surface area contributed by atoms with Crippen molar-refractivity contribution in [2.24, 2.45) is 0 Å². The summed E-state index contributed by atoms with van der Waals surface area (Å²) in [4.78, 5) is 9.45. The Bertz CT molecular complexity index is 387. The zero-order valence-electron chi connectivity index (χ0n) is 10.5. The van der Waals surface area contributed by atoms with Gasteiger partial charge in [0.05, 0.1) is 12.9 Å². The van der Waals surface area contributed by atoms with E-state index in [1.165, 1.54) is 5.56 Å². The Kier molecular flexibility index (Phi) is 4.92. The van der Waals surface area contributed by atoms with Crippen LogP contribution in [0.2, 0.25) is 0 Å². The van der Waals surface area contributed by atoms with Crippen LogP contribution in [0.3, 0.4) is 0 Å². The second-order valence-corrected chi connectivity index (χ2v) is 5.14. The molecule has 0 fully saturated rings. The molecule has 0 amide bonds. The van der Waals surface area contributed by atoms with Crippen molar-refractivity contribution in [3.63, 3.8) is 0 Å². The van der Waals surface area contributed by atoms with Gasteiger partial charge >= 0.3 is 0 Å². The molecule has 0 radical (unpaired) electrons. The Hall–Kier alpha value is -1.17. The van der Waals surface area contributed by atoms with Crippen LogP contribution in [-0.4, -0.2) is 32.6 Å². The second kappa shape index (κ2) is 6.68. The zero-order chi connectivity index (χ0) is 12.8. The summed E-state index contributed by atoms with van der Waals surface area (Å²) in [5.41, 5.74) is 2.38. The molecule has 4 nitrogen and oxygen atoms in total. The molecule has 0 aliphatic heterocycles. The maximum atomic E-state index is 9.49. The number of hydrogen-bond donors (Lipinski definition) is 2. The molecule has 18 heavy (non-hydrogen) atoms. The van der Waals surface area contributed by atoms with Gasteiger partial charge in [0.15, 0.2) is 0 Å². The molecule has 0 bridgehead atoms. The summed E-state index contributed by atoms with van der Waals surface area (Å²) in [5.74, 6) is 0. The lowest BCUT2D eigenvalue weighted by Crippen LogP contribution is -2.36. The molecule has 2 aromatic rings. The van der Waals surface area contributed by atoms with Gasteiger partial charge in [0.25, 0.3) is 0 Å². The number of hydrogen-bond acceptors (Lipinski definition) is 4. The van der Waals surface area contributed by atoms with Crippen LogP contribution in [0.15, 0.2) is 29.4 Å². The van der Waals surface area contributed by atoms with Crippen LogP contribution in [0, 0.1) is 0 Å². The first-order valence-electron chi connectivity index (χ1n) is 6.16. The van der Waals surface area contributed by atoms with E-state index in [9.17, 15) is 5.11 Å². The fraction of sp³-hybridized carbons (Fsp3) is 0.462. The van der Waals surface area contributed by atoms with Crippen LogP contribution >= 0.6 is 11.3 Å². The van der Waals surface area contributed by atoms with Crippen LogP contribution in [0.1, 0.15) is 24.6 Å². The highest BCUT2D eigenvalue weighted by molar-refractivity contribution is 7.07. The molecule has 2 heterocycles. The van der Waals surface area contributed by atoms with E-state index in [0.29, 0.717) is 0 Å². The van der Waals surface area contributed by atoms with Crippen molar-refractivity contribution >= 4 is 11.3 Å². The van der Waals surface area contributed by atoms with Crippen molar-refractivity contribution in [1.29, 1.82) is 0 Å². The van der Waals surface area contributed by atoms with E-state index in [2.05, 4.69) is 38.6 Å². The minimum Gasteiger partial charge on any atom is -0.395 e. The van der Waals surface area contributed by atoms with Gasteiger partial charge in [0.2, 0.25) is 0 Å². The minimum atomic E-state index is 0.188. The van der Waals surface area contributed by atoms with Gasteiger partial charge in [0, 0.05) is 31.0 Å². The number of rotatable bonds is 7. The highest BCUT2D eigenvalue weighted by atomic mass is 32.1. The summed E-state index contributed by atoms with van der Waals surface area (Å²) in [5, 5.41) is 13.7. The first kappa shape index (κ1) is 13.3. The standard InChI is InChI=1S/C13H19N3OS/c1-2-13(8-17)16(6-11-3-4-18-9-11)7-12-5-14-10-15-12/h3-5,9-10,13,17H,2,6-8H2,1H3,(H,14,15). The maximum Gasteiger partial charge on any atom is 0.0922 e. The number of aromatic amines is 1. The molecule has 0 aliphatic carbocycles. The maximum absolute atomic E-state index is 9.49. The van der Waals surface area contributed by atoms with Crippen molar-refractivity contribution in [2.45, 2.75) is 32.5 Å². The van der Waals surface area contributed by atoms with Gasteiger partial charge in [-0.25, -0.2) is 4.98 Å². The molecule has 5 heteroatoms. The first-order valence-corrected chi connectivity index (χ1v) is 7.11. The van der Waals surface area contributed by atoms with Gasteiger partial charge in [0.1, 0.15) is 0 Å². The Balaban J connectivity index is 2.06. The quantitative estimate of drug-likeness (QED) is 0.807. The van der Waals surface area contributed by atoms with Crippen LogP contribution in [0.4, 0.5) is 0 Å². The number of aliphatic hydroxyl groups is 1. The topological polar surface area (TPSA) is 52.1 Å². The fourth-order valence-electron chi connectivity index (χ4n) is 2.02. The summed E-state index contributed by atoms with van der Waals surface area (Å²) in [7, 11) is 0. The van der Waals surface area contributed by atoms with Crippen molar-refractivity contribution in [2.75, 3.05) is 6.61 Å². The van der Waals surface area contributed by atoms with Gasteiger partial charge in [-0.3, -0.25) is 4.90 Å². The number of aliphatic hydroxyl groups excluding tert-OH is 1. The molecule has 0 aromatic carbocycles. The number of nitrogens with zero attached hydrogens (tertiary/aromatic N) is 2. The minimum absolute atomic E-state index is 0.188. The molecule has 1 unspecified atom stereocenters. The fourth-order valence-corrected chi connectivity index (χ4v) is 2.68. The highest BCUT2D eigenvalue weighted by Gasteiger charge is 2.17. The van der Waals surface area contributed by atoms with Gasteiger partial charge in [-0.2, -0.15) is 11.3 Å². The van der Waals surface area contributed by atoms with Crippen LogP contribution in [0.5, 0.6) is 0 Å². The lowest BCUT2D eigenvalue weighted by molar-refractivity contribution is 0.106. The number of aromatic nitrogens is 2. The molecule has 2 rings (SSSR count). The van der Waals surface area contributed by atoms with Gasteiger partial charge in [-0.05, 0) is 28.8 Å². The van der Waals surface area contributed by atoms with Crippen molar-refractivity contribution in [1.82, 2.24) is 14.9 Å². The van der Waals surface area contributed by atoms with Crippen LogP contribution in [-0.2, 0) is 13.1 Å². The normalized spacial score (nSPS) is 13.1. The molecular weight excluding hydrogens is 246 g/mol. The average molecular weight is 265 g/mol. The molecule has 2 N–H and O–H groups in total. The molecule has 0 spiro atoms. The summed E-state index contributed by atoms with van der Waals surface area (Å²) >= 11 is 1.71. The third-order valence-corrected chi connectivity index (χ3v) is 3.82. The SMILES string of the molecule is CCC(CO)N(Cc1ccsc1)Cc1cnc[nH]1. The molecule has 1 atom stereocenters. The predicted molar refractivity (Wildman–Crippen MR) is 73.3 cm³/mol. The molecule has 0 aliphatic rings. The van der Waals surface area contributed by atoms with E-state index in [0.717, 1.165) is 25.2 Å². The lowest BCUT2D eigenvalue weighted by Gasteiger charge is -2.29. The monoisotopic (exact) mass is 265 g/mol. The van der Waals surface area contributed by atoms with Crippen molar-refractivity contribution in [3.8, 4) is 0 Å². The summed E-state index contributed by atoms with van der Waals surface area (Å²) < 4.78 is 0. The number of imidazole rings is 1. The zero-order valence-corrected chi connectivity index (χ0v) is 11.4. The van der Waals surface area contributed by atoms with E-state index < -0.39 is 0 Å². The molecular formula is C13H19N3OS. The van der Waals surface area contributed by atoms with Crippen LogP contribution in [0.25, 0.3) is 0 Å². The lowest BCUT2D eigenvalue weighted by atomic mass is 10.1. The molecule has 0 saturated carbocycles. The Morgan fingerprint density at radius 2 is 2.39 bits per heavy atom. The number of H-pyrrole nitrogens is 1. The largest absolute Gasteiger partial charge is 0.395 e. The first-order chi connectivity index (χ1) is 8.83. The van der Waals surface area contributed by atoms with Gasteiger partial charge in [-0.15, -0.1) is 0 Å². The van der Waals surface area contributed by atoms with E-state index in [4.69, 9.17) is 0 Å². The van der Waals surface area contributed by atoms with Gasteiger partial charge in [-0.1, -0.05) is 6.92 Å². The second-order valence-electron chi connectivity index (χ2n) is 4.36. The van der Waals surface area contributed by atoms with E-state index in [1.807, 2.05) is 6.20 Å². The van der Waals surface area contributed by atoms with Gasteiger partial charge < -0.3 is 10.1 Å². The van der Waals surface area contributed by atoms with Crippen molar-refractivity contribution < 1.29 is 5.11 Å². The molecule has 2 aromatic heterocycles. The van der Waals surface area contributed by atoms with E-state index >= 15 is 0 Å². The Morgan fingerprint density at radius 3 is 2.94 bits per heavy atom. The third-order valence-electron chi connectivity index (χ3n) is 3.09. The van der Waals surface area contributed by atoms with Crippen LogP contribution < -0.4 is 0 Å². The summed E-state index contributed by atoms with van der Waals surface area (Å²) in [6.07, 6.45) is 4.47. The third kappa shape index (κ3) is 3.41. The summed E-state index contributed by atoms with van der Waals surface area (Å²) in [6, 6.07) is 2.32. The van der Waals surface area contributed by atoms with E-state index in [-0.39, 0.29) is 12.6 Å². The number of thiophene rings is 1. The predicted octanol–water partition coefficient (Wildman–Crippen LogP) is 2.24. The Morgan fingerprint density at radius 1 is 1.50 bits per heavy atom. The smallest absolute Gasteiger partial charge is 0.0922 e. The molecule has 0 saturated heterocycles. The molecule has 98 valence electrons.